The molecule has 0 saturated heterocycles. The number of aliphatic hydroxyl groups is 1. The van der Waals surface area contributed by atoms with Crippen molar-refractivity contribution in [2.45, 2.75) is 32.9 Å². The van der Waals surface area contributed by atoms with Crippen molar-refractivity contribution < 1.29 is 14.3 Å². The largest absolute Gasteiger partial charge is 0.463 e. The molecule has 7 heteroatoms. The van der Waals surface area contributed by atoms with Crippen molar-refractivity contribution in [3.05, 3.63) is 40.9 Å². The highest BCUT2D eigenvalue weighted by atomic mass is 16.3. The zero-order valence-electron chi connectivity index (χ0n) is 13.2. The van der Waals surface area contributed by atoms with E-state index < -0.39 is 0 Å². The van der Waals surface area contributed by atoms with Crippen molar-refractivity contribution in [1.29, 1.82) is 0 Å². The van der Waals surface area contributed by atoms with Gasteiger partial charge in [-0.15, -0.1) is 0 Å². The highest BCUT2D eigenvalue weighted by Gasteiger charge is 2.18. The van der Waals surface area contributed by atoms with E-state index in [1.165, 1.54) is 12.3 Å². The van der Waals surface area contributed by atoms with Gasteiger partial charge in [0.25, 0.3) is 5.56 Å². The molecule has 0 aliphatic heterocycles. The third kappa shape index (κ3) is 4.29. The first kappa shape index (κ1) is 17.0. The van der Waals surface area contributed by atoms with Gasteiger partial charge in [-0.1, -0.05) is 20.3 Å². The maximum absolute atomic E-state index is 12.1. The molecule has 0 bridgehead atoms. The maximum Gasteiger partial charge on any atom is 0.267 e. The van der Waals surface area contributed by atoms with Crippen LogP contribution >= 0.6 is 0 Å². The van der Waals surface area contributed by atoms with Crippen LogP contribution in [0.25, 0.3) is 11.5 Å². The monoisotopic (exact) mass is 319 g/mol. The molecule has 0 aliphatic carbocycles. The van der Waals surface area contributed by atoms with Crippen LogP contribution in [-0.2, 0) is 11.3 Å². The number of hydrogen-bond donors (Lipinski definition) is 2. The SMILES string of the molecule is CC[C@H](C)[C@H](CO)NC(=O)Cn1nc(-c2ccco2)ccc1=O. The second-order valence-corrected chi connectivity index (χ2v) is 5.43. The summed E-state index contributed by atoms with van der Waals surface area (Å²) in [6.45, 7) is 3.58. The van der Waals surface area contributed by atoms with Gasteiger partial charge in [-0.3, -0.25) is 9.59 Å². The summed E-state index contributed by atoms with van der Waals surface area (Å²) in [4.78, 5) is 24.0. The van der Waals surface area contributed by atoms with Crippen molar-refractivity contribution in [3.63, 3.8) is 0 Å². The highest BCUT2D eigenvalue weighted by Crippen LogP contribution is 2.15. The highest BCUT2D eigenvalue weighted by molar-refractivity contribution is 5.76. The van der Waals surface area contributed by atoms with E-state index >= 15 is 0 Å². The Balaban J connectivity index is 2.11. The number of aliphatic hydroxyl groups excluding tert-OH is 1. The van der Waals surface area contributed by atoms with Crippen LogP contribution in [0.2, 0.25) is 0 Å². The molecule has 2 aromatic heterocycles. The second-order valence-electron chi connectivity index (χ2n) is 5.43. The average molecular weight is 319 g/mol. The van der Waals surface area contributed by atoms with E-state index in [4.69, 9.17) is 4.42 Å². The van der Waals surface area contributed by atoms with Crippen LogP contribution in [-0.4, -0.2) is 33.4 Å². The molecule has 0 aliphatic rings. The van der Waals surface area contributed by atoms with Gasteiger partial charge in [0, 0.05) is 6.07 Å². The number of rotatable bonds is 7. The predicted molar refractivity (Wildman–Crippen MR) is 84.7 cm³/mol. The third-order valence-corrected chi connectivity index (χ3v) is 3.81. The predicted octanol–water partition coefficient (Wildman–Crippen LogP) is 1.03. The fourth-order valence-corrected chi connectivity index (χ4v) is 2.16. The first-order chi connectivity index (χ1) is 11.0. The quantitative estimate of drug-likeness (QED) is 0.794. The molecule has 0 radical (unpaired) electrons. The van der Waals surface area contributed by atoms with Crippen LogP contribution in [0, 0.1) is 5.92 Å². The lowest BCUT2D eigenvalue weighted by Gasteiger charge is -2.22. The molecule has 0 aromatic carbocycles. The summed E-state index contributed by atoms with van der Waals surface area (Å²) in [5.41, 5.74) is 0.0996. The van der Waals surface area contributed by atoms with Crippen LogP contribution in [0.1, 0.15) is 20.3 Å². The number of aromatic nitrogens is 2. The van der Waals surface area contributed by atoms with Gasteiger partial charge in [0.15, 0.2) is 5.76 Å². The average Bonchev–Trinajstić information content (AvgIpc) is 3.08. The Morgan fingerprint density at radius 3 is 2.83 bits per heavy atom. The van der Waals surface area contributed by atoms with Gasteiger partial charge in [0.1, 0.15) is 12.2 Å². The Kier molecular flexibility index (Phi) is 5.70. The zero-order chi connectivity index (χ0) is 16.8. The molecule has 2 N–H and O–H groups in total. The van der Waals surface area contributed by atoms with Gasteiger partial charge in [0.2, 0.25) is 5.91 Å². The fraction of sp³-hybridized carbons (Fsp3) is 0.438. The first-order valence-corrected chi connectivity index (χ1v) is 7.57. The Hall–Kier alpha value is -2.41. The van der Waals surface area contributed by atoms with E-state index in [0.717, 1.165) is 11.1 Å². The van der Waals surface area contributed by atoms with Gasteiger partial charge in [-0.2, -0.15) is 5.10 Å². The summed E-state index contributed by atoms with van der Waals surface area (Å²) in [6, 6.07) is 6.00. The molecular formula is C16H21N3O4. The smallest absolute Gasteiger partial charge is 0.267 e. The van der Waals surface area contributed by atoms with E-state index in [-0.39, 0.29) is 36.6 Å². The van der Waals surface area contributed by atoms with Crippen LogP contribution in [0.15, 0.2) is 39.7 Å². The number of amides is 1. The fourth-order valence-electron chi connectivity index (χ4n) is 2.16. The van der Waals surface area contributed by atoms with Crippen LogP contribution in [0.4, 0.5) is 0 Å². The lowest BCUT2D eigenvalue weighted by Crippen LogP contribution is -2.44. The van der Waals surface area contributed by atoms with Gasteiger partial charge >= 0.3 is 0 Å². The van der Waals surface area contributed by atoms with Crippen molar-refractivity contribution in [3.8, 4) is 11.5 Å². The van der Waals surface area contributed by atoms with Crippen molar-refractivity contribution in [2.75, 3.05) is 6.61 Å². The van der Waals surface area contributed by atoms with Crippen molar-refractivity contribution >= 4 is 5.91 Å². The molecule has 2 aromatic rings. The van der Waals surface area contributed by atoms with Crippen molar-refractivity contribution in [1.82, 2.24) is 15.1 Å². The number of furan rings is 1. The Labute approximate surface area is 133 Å². The normalized spacial score (nSPS) is 13.5. The minimum Gasteiger partial charge on any atom is -0.463 e. The van der Waals surface area contributed by atoms with Gasteiger partial charge in [0.05, 0.1) is 18.9 Å². The summed E-state index contributed by atoms with van der Waals surface area (Å²) < 4.78 is 6.32. The van der Waals surface area contributed by atoms with Crippen LogP contribution in [0.5, 0.6) is 0 Å². The van der Waals surface area contributed by atoms with Gasteiger partial charge in [-0.25, -0.2) is 4.68 Å². The molecule has 0 unspecified atom stereocenters. The molecule has 0 spiro atoms. The Morgan fingerprint density at radius 1 is 1.43 bits per heavy atom. The Morgan fingerprint density at radius 2 is 2.22 bits per heavy atom. The molecule has 2 atom stereocenters. The van der Waals surface area contributed by atoms with Gasteiger partial charge < -0.3 is 14.8 Å². The molecule has 0 saturated carbocycles. The molecule has 2 rings (SSSR count). The lowest BCUT2D eigenvalue weighted by molar-refractivity contribution is -0.123. The molecule has 1 amide bonds. The molecule has 124 valence electrons. The Bertz CT molecular complexity index is 694. The maximum atomic E-state index is 12.1. The number of hydrogen-bond acceptors (Lipinski definition) is 5. The standard InChI is InChI=1S/C16H21N3O4/c1-3-11(2)13(10-20)17-15(21)9-19-16(22)7-6-12(18-19)14-5-4-8-23-14/h4-8,11,13,20H,3,9-10H2,1-2H3,(H,17,21)/t11-,13-/m0/s1. The summed E-state index contributed by atoms with van der Waals surface area (Å²) in [5, 5.41) is 16.2. The minimum atomic E-state index is -0.375. The van der Waals surface area contributed by atoms with E-state index in [1.54, 1.807) is 18.2 Å². The van der Waals surface area contributed by atoms with Gasteiger partial charge in [-0.05, 0) is 24.1 Å². The van der Waals surface area contributed by atoms with E-state index in [9.17, 15) is 14.7 Å². The number of nitrogens with zero attached hydrogens (tertiary/aromatic N) is 2. The van der Waals surface area contributed by atoms with Crippen molar-refractivity contribution in [2.24, 2.45) is 5.92 Å². The summed E-state index contributed by atoms with van der Waals surface area (Å²) in [5.74, 6) is 0.297. The number of carbonyl (C=O) groups excluding carboxylic acids is 1. The number of nitrogens with one attached hydrogen (secondary N) is 1. The summed E-state index contributed by atoms with van der Waals surface area (Å²) in [6.07, 6.45) is 2.34. The van der Waals surface area contributed by atoms with E-state index in [1.807, 2.05) is 13.8 Å². The lowest BCUT2D eigenvalue weighted by atomic mass is 10.00. The summed E-state index contributed by atoms with van der Waals surface area (Å²) >= 11 is 0. The van der Waals surface area contributed by atoms with Crippen LogP contribution < -0.4 is 10.9 Å². The molecule has 23 heavy (non-hydrogen) atoms. The molecular weight excluding hydrogens is 298 g/mol. The number of carbonyl (C=O) groups is 1. The van der Waals surface area contributed by atoms with E-state index in [2.05, 4.69) is 10.4 Å². The second kappa shape index (κ2) is 7.73. The first-order valence-electron chi connectivity index (χ1n) is 7.57. The van der Waals surface area contributed by atoms with E-state index in [0.29, 0.717) is 11.5 Å². The van der Waals surface area contributed by atoms with Crippen LogP contribution in [0.3, 0.4) is 0 Å². The third-order valence-electron chi connectivity index (χ3n) is 3.81. The zero-order valence-corrected chi connectivity index (χ0v) is 13.2. The topological polar surface area (TPSA) is 97.4 Å². The molecule has 0 fully saturated rings. The molecule has 2 heterocycles. The summed E-state index contributed by atoms with van der Waals surface area (Å²) in [7, 11) is 0. The molecule has 7 nitrogen and oxygen atoms in total. The minimum absolute atomic E-state index is 0.142.